The van der Waals surface area contributed by atoms with E-state index in [1.807, 2.05) is 0 Å². The molecule has 188 valence electrons. The van der Waals surface area contributed by atoms with Crippen molar-refractivity contribution in [1.82, 2.24) is 0 Å². The van der Waals surface area contributed by atoms with Crippen LogP contribution < -0.4 is 9.80 Å². The molecule has 3 aromatic carbocycles. The van der Waals surface area contributed by atoms with E-state index < -0.39 is 41.6 Å². The lowest BCUT2D eigenvalue weighted by molar-refractivity contribution is -0.153. The minimum Gasteiger partial charge on any atom is -0.459 e. The molecule has 0 heterocycles. The largest absolute Gasteiger partial charge is 0.459 e. The Balaban J connectivity index is 1.89. The van der Waals surface area contributed by atoms with Crippen molar-refractivity contribution >= 4 is 29.2 Å². The number of hydrogen-bond acceptors (Lipinski definition) is 4. The second-order valence-corrected chi connectivity index (χ2v) is 9.17. The van der Waals surface area contributed by atoms with Gasteiger partial charge in [-0.05, 0) is 62.7 Å². The third kappa shape index (κ3) is 7.73. The maximum Gasteiger partial charge on any atom is 0.326 e. The molecule has 6 nitrogen and oxygen atoms in total. The summed E-state index contributed by atoms with van der Waals surface area (Å²) in [5.74, 6) is -3.27. The SMILES string of the molecule is CC(C)(C)OC(=O)CN(C(=O)CN(C(=O)Cc1cc(F)cc(F)c1)c1ccccc1)c1ccccc1. The molecule has 0 aliphatic heterocycles. The number of rotatable bonds is 8. The number of benzene rings is 3. The number of carbonyl (C=O) groups is 3. The van der Waals surface area contributed by atoms with E-state index >= 15 is 0 Å². The lowest BCUT2D eigenvalue weighted by Crippen LogP contribution is -2.46. The van der Waals surface area contributed by atoms with Crippen molar-refractivity contribution in [3.05, 3.63) is 96.1 Å². The Morgan fingerprint density at radius 3 is 1.67 bits per heavy atom. The Hall–Kier alpha value is -4.07. The lowest BCUT2D eigenvalue weighted by atomic mass is 10.1. The van der Waals surface area contributed by atoms with E-state index in [0.29, 0.717) is 11.4 Å². The highest BCUT2D eigenvalue weighted by atomic mass is 19.1. The summed E-state index contributed by atoms with van der Waals surface area (Å²) in [7, 11) is 0. The Morgan fingerprint density at radius 2 is 1.19 bits per heavy atom. The predicted octanol–water partition coefficient (Wildman–Crippen LogP) is 4.92. The number of ether oxygens (including phenoxy) is 1. The number of nitrogens with zero attached hydrogens (tertiary/aromatic N) is 2. The Labute approximate surface area is 209 Å². The van der Waals surface area contributed by atoms with Crippen LogP contribution in [0.5, 0.6) is 0 Å². The predicted molar refractivity (Wildman–Crippen MR) is 133 cm³/mol. The van der Waals surface area contributed by atoms with Crippen molar-refractivity contribution in [2.75, 3.05) is 22.9 Å². The quantitative estimate of drug-likeness (QED) is 0.417. The highest BCUT2D eigenvalue weighted by Crippen LogP contribution is 2.20. The number of esters is 1. The smallest absolute Gasteiger partial charge is 0.326 e. The van der Waals surface area contributed by atoms with E-state index in [-0.39, 0.29) is 18.5 Å². The summed E-state index contributed by atoms with van der Waals surface area (Å²) in [5.41, 5.74) is 0.285. The minimum absolute atomic E-state index is 0.138. The van der Waals surface area contributed by atoms with Gasteiger partial charge in [-0.15, -0.1) is 0 Å². The summed E-state index contributed by atoms with van der Waals surface area (Å²) in [6.45, 7) is 4.42. The fraction of sp³-hybridized carbons (Fsp3) is 0.250. The van der Waals surface area contributed by atoms with Crippen molar-refractivity contribution in [3.8, 4) is 0 Å². The molecule has 0 unspecified atom stereocenters. The molecule has 8 heteroatoms. The standard InChI is InChI=1S/C28H28F2N2O4/c1-28(2,3)36-27(35)19-32(24-12-8-5-9-13-24)26(34)18-31(23-10-6-4-7-11-23)25(33)16-20-14-21(29)17-22(30)15-20/h4-15,17H,16,18-19H2,1-3H3. The van der Waals surface area contributed by atoms with Crippen molar-refractivity contribution < 1.29 is 27.9 Å². The number of halogens is 2. The first-order valence-corrected chi connectivity index (χ1v) is 11.4. The first kappa shape index (κ1) is 26.5. The fourth-order valence-electron chi connectivity index (χ4n) is 3.57. The molecule has 3 aromatic rings. The summed E-state index contributed by atoms with van der Waals surface area (Å²) >= 11 is 0. The molecule has 0 saturated heterocycles. The number of hydrogen-bond donors (Lipinski definition) is 0. The van der Waals surface area contributed by atoms with E-state index in [0.717, 1.165) is 18.2 Å². The Bertz CT molecular complexity index is 1190. The van der Waals surface area contributed by atoms with Gasteiger partial charge >= 0.3 is 5.97 Å². The molecule has 2 amide bonds. The third-order valence-corrected chi connectivity index (χ3v) is 5.02. The Morgan fingerprint density at radius 1 is 0.722 bits per heavy atom. The number of carbonyl (C=O) groups excluding carboxylic acids is 3. The summed E-state index contributed by atoms with van der Waals surface area (Å²) in [5, 5.41) is 0. The van der Waals surface area contributed by atoms with Gasteiger partial charge in [0.05, 0.1) is 6.42 Å². The van der Waals surface area contributed by atoms with Crippen molar-refractivity contribution in [3.63, 3.8) is 0 Å². The van der Waals surface area contributed by atoms with Crippen LogP contribution in [0.2, 0.25) is 0 Å². The molecule has 0 bridgehead atoms. The maximum absolute atomic E-state index is 13.7. The van der Waals surface area contributed by atoms with Crippen LogP contribution in [0.15, 0.2) is 78.9 Å². The lowest BCUT2D eigenvalue weighted by Gasteiger charge is -2.28. The van der Waals surface area contributed by atoms with Crippen LogP contribution in [0, 0.1) is 11.6 Å². The third-order valence-electron chi connectivity index (χ3n) is 5.02. The highest BCUT2D eigenvalue weighted by molar-refractivity contribution is 6.05. The molecule has 36 heavy (non-hydrogen) atoms. The highest BCUT2D eigenvalue weighted by Gasteiger charge is 2.27. The van der Waals surface area contributed by atoms with Crippen molar-refractivity contribution in [2.24, 2.45) is 0 Å². The summed E-state index contributed by atoms with van der Waals surface area (Å²) in [6.07, 6.45) is -0.325. The minimum atomic E-state index is -0.798. The van der Waals surface area contributed by atoms with Crippen LogP contribution in [0.1, 0.15) is 26.3 Å². The second kappa shape index (κ2) is 11.6. The summed E-state index contributed by atoms with van der Waals surface area (Å²) < 4.78 is 32.7. The first-order valence-electron chi connectivity index (χ1n) is 11.4. The van der Waals surface area contributed by atoms with Gasteiger partial charge in [0.1, 0.15) is 30.3 Å². The van der Waals surface area contributed by atoms with Crippen LogP contribution in [0.3, 0.4) is 0 Å². The zero-order chi connectivity index (χ0) is 26.3. The van der Waals surface area contributed by atoms with E-state index in [9.17, 15) is 23.2 Å². The molecule has 3 rings (SSSR count). The summed E-state index contributed by atoms with van der Waals surface area (Å²) in [4.78, 5) is 41.8. The van der Waals surface area contributed by atoms with E-state index in [1.165, 1.54) is 9.80 Å². The monoisotopic (exact) mass is 494 g/mol. The average molecular weight is 495 g/mol. The zero-order valence-electron chi connectivity index (χ0n) is 20.4. The Kier molecular flexibility index (Phi) is 8.53. The van der Waals surface area contributed by atoms with Crippen molar-refractivity contribution in [2.45, 2.75) is 32.8 Å². The molecule has 0 aliphatic carbocycles. The van der Waals surface area contributed by atoms with E-state index in [4.69, 9.17) is 4.74 Å². The fourth-order valence-corrected chi connectivity index (χ4v) is 3.57. The average Bonchev–Trinajstić information content (AvgIpc) is 2.80. The zero-order valence-corrected chi connectivity index (χ0v) is 20.4. The van der Waals surface area contributed by atoms with Crippen LogP contribution in [-0.4, -0.2) is 36.5 Å². The van der Waals surface area contributed by atoms with Gasteiger partial charge in [-0.2, -0.15) is 0 Å². The van der Waals surface area contributed by atoms with E-state index in [1.54, 1.807) is 81.4 Å². The van der Waals surface area contributed by atoms with Gasteiger partial charge in [0.15, 0.2) is 0 Å². The number of anilines is 2. The molecule has 0 atom stereocenters. The van der Waals surface area contributed by atoms with E-state index in [2.05, 4.69) is 0 Å². The number of para-hydroxylation sites is 2. The van der Waals surface area contributed by atoms with Gasteiger partial charge in [-0.25, -0.2) is 8.78 Å². The molecule has 0 fully saturated rings. The molecule has 0 N–H and O–H groups in total. The van der Waals surface area contributed by atoms with Crippen LogP contribution >= 0.6 is 0 Å². The maximum atomic E-state index is 13.7. The van der Waals surface area contributed by atoms with Crippen molar-refractivity contribution in [1.29, 1.82) is 0 Å². The summed E-state index contributed by atoms with van der Waals surface area (Å²) in [6, 6.07) is 19.9. The molecular weight excluding hydrogens is 466 g/mol. The van der Waals surface area contributed by atoms with Gasteiger partial charge in [-0.3, -0.25) is 19.3 Å². The molecule has 0 aromatic heterocycles. The van der Waals surface area contributed by atoms with Gasteiger partial charge in [0.2, 0.25) is 11.8 Å². The molecule has 0 spiro atoms. The topological polar surface area (TPSA) is 66.9 Å². The molecule has 0 saturated carbocycles. The number of amides is 2. The first-order chi connectivity index (χ1) is 17.0. The molecule has 0 aliphatic rings. The van der Waals surface area contributed by atoms with Gasteiger partial charge < -0.3 is 9.64 Å². The molecule has 0 radical (unpaired) electrons. The normalized spacial score (nSPS) is 11.0. The van der Waals surface area contributed by atoms with Gasteiger partial charge in [0.25, 0.3) is 0 Å². The van der Waals surface area contributed by atoms with Crippen LogP contribution in [0.25, 0.3) is 0 Å². The molecular formula is C28H28F2N2O4. The van der Waals surface area contributed by atoms with Gasteiger partial charge in [-0.1, -0.05) is 36.4 Å². The van der Waals surface area contributed by atoms with Crippen LogP contribution in [-0.2, 0) is 25.5 Å². The van der Waals surface area contributed by atoms with Gasteiger partial charge in [0, 0.05) is 17.4 Å². The van der Waals surface area contributed by atoms with Crippen LogP contribution in [0.4, 0.5) is 20.2 Å². The second-order valence-electron chi connectivity index (χ2n) is 9.17.